The zero-order valence-corrected chi connectivity index (χ0v) is 8.44. The molecule has 4 nitrogen and oxygen atoms in total. The van der Waals surface area contributed by atoms with Crippen molar-refractivity contribution in [1.29, 1.82) is 0 Å². The fourth-order valence-corrected chi connectivity index (χ4v) is 1.02. The molecular weight excluding hydrogens is 184 g/mol. The molecule has 1 heterocycles. The first-order chi connectivity index (χ1) is 6.43. The monoisotopic (exact) mass is 198 g/mol. The molecule has 0 bridgehead atoms. The summed E-state index contributed by atoms with van der Waals surface area (Å²) in [7, 11) is 0. The predicted molar refractivity (Wildman–Crippen MR) is 51.5 cm³/mol. The van der Waals surface area contributed by atoms with E-state index in [4.69, 9.17) is 4.42 Å². The average molecular weight is 198 g/mol. The lowest BCUT2D eigenvalue weighted by molar-refractivity contribution is 0.156. The van der Waals surface area contributed by atoms with Gasteiger partial charge < -0.3 is 14.6 Å². The molecule has 2 atom stereocenters. The Hall–Kier alpha value is -1.29. The van der Waals surface area contributed by atoms with Gasteiger partial charge in [0.05, 0.1) is 11.7 Å². The van der Waals surface area contributed by atoms with Crippen molar-refractivity contribution in [2.45, 2.75) is 32.8 Å². The molecule has 0 saturated carbocycles. The molecular formula is C10H14O4. The SMILES string of the molecule is Cc1c(O)cc([C@@H](C)[C@H](C)O)oc1=O. The highest BCUT2D eigenvalue weighted by molar-refractivity contribution is 5.29. The predicted octanol–water partition coefficient (Wildman–Crippen LogP) is 1.14. The Morgan fingerprint density at radius 2 is 2.00 bits per heavy atom. The zero-order chi connectivity index (χ0) is 10.9. The van der Waals surface area contributed by atoms with E-state index in [1.807, 2.05) is 0 Å². The average Bonchev–Trinajstić information content (AvgIpc) is 2.12. The number of hydrogen-bond donors (Lipinski definition) is 2. The molecule has 0 aliphatic heterocycles. The second kappa shape index (κ2) is 3.84. The molecule has 0 aromatic carbocycles. The Morgan fingerprint density at radius 1 is 1.43 bits per heavy atom. The Labute approximate surface area is 81.8 Å². The lowest BCUT2D eigenvalue weighted by Gasteiger charge is -2.13. The summed E-state index contributed by atoms with van der Waals surface area (Å²) in [5.41, 5.74) is -0.376. The maximum atomic E-state index is 11.2. The molecule has 0 spiro atoms. The first kappa shape index (κ1) is 10.8. The maximum Gasteiger partial charge on any atom is 0.342 e. The van der Waals surface area contributed by atoms with Crippen LogP contribution in [-0.2, 0) is 0 Å². The van der Waals surface area contributed by atoms with E-state index in [0.717, 1.165) is 0 Å². The van der Waals surface area contributed by atoms with Crippen molar-refractivity contribution >= 4 is 0 Å². The minimum absolute atomic E-state index is 0.0937. The van der Waals surface area contributed by atoms with E-state index < -0.39 is 11.7 Å². The van der Waals surface area contributed by atoms with Crippen LogP contribution in [0.4, 0.5) is 0 Å². The summed E-state index contributed by atoms with van der Waals surface area (Å²) in [6.45, 7) is 4.80. The van der Waals surface area contributed by atoms with E-state index in [-0.39, 0.29) is 17.2 Å². The van der Waals surface area contributed by atoms with Crippen LogP contribution in [0.3, 0.4) is 0 Å². The van der Waals surface area contributed by atoms with Crippen LogP contribution in [0, 0.1) is 6.92 Å². The van der Waals surface area contributed by atoms with Gasteiger partial charge in [-0.2, -0.15) is 0 Å². The van der Waals surface area contributed by atoms with Crippen molar-refractivity contribution in [3.05, 3.63) is 27.8 Å². The molecule has 78 valence electrons. The number of rotatable bonds is 2. The lowest BCUT2D eigenvalue weighted by Crippen LogP contribution is -2.14. The highest BCUT2D eigenvalue weighted by atomic mass is 16.4. The van der Waals surface area contributed by atoms with Gasteiger partial charge in [0.15, 0.2) is 0 Å². The normalized spacial score (nSPS) is 15.1. The quantitative estimate of drug-likeness (QED) is 0.747. The fraction of sp³-hybridized carbons (Fsp3) is 0.500. The van der Waals surface area contributed by atoms with Crippen LogP contribution in [-0.4, -0.2) is 16.3 Å². The third-order valence-electron chi connectivity index (χ3n) is 2.35. The van der Waals surface area contributed by atoms with Crippen LogP contribution in [0.5, 0.6) is 5.75 Å². The summed E-state index contributed by atoms with van der Waals surface area (Å²) in [5, 5.41) is 18.7. The number of aliphatic hydroxyl groups excluding tert-OH is 1. The summed E-state index contributed by atoms with van der Waals surface area (Å²) in [4.78, 5) is 11.2. The minimum Gasteiger partial charge on any atom is -0.507 e. The van der Waals surface area contributed by atoms with E-state index in [0.29, 0.717) is 5.76 Å². The van der Waals surface area contributed by atoms with Gasteiger partial charge in [-0.1, -0.05) is 6.92 Å². The molecule has 0 aliphatic carbocycles. The first-order valence-corrected chi connectivity index (χ1v) is 4.45. The van der Waals surface area contributed by atoms with Crippen LogP contribution in [0.1, 0.15) is 31.1 Å². The largest absolute Gasteiger partial charge is 0.507 e. The topological polar surface area (TPSA) is 70.7 Å². The number of aromatic hydroxyl groups is 1. The molecule has 1 aromatic heterocycles. The molecule has 1 rings (SSSR count). The molecule has 0 saturated heterocycles. The lowest BCUT2D eigenvalue weighted by atomic mass is 10.0. The maximum absolute atomic E-state index is 11.2. The fourth-order valence-electron chi connectivity index (χ4n) is 1.02. The Kier molecular flexibility index (Phi) is 2.96. The number of aliphatic hydroxyl groups is 1. The van der Waals surface area contributed by atoms with E-state index in [9.17, 15) is 15.0 Å². The van der Waals surface area contributed by atoms with Gasteiger partial charge in [-0.25, -0.2) is 4.79 Å². The molecule has 4 heteroatoms. The molecule has 0 radical (unpaired) electrons. The van der Waals surface area contributed by atoms with Crippen molar-refractivity contribution in [2.24, 2.45) is 0 Å². The summed E-state index contributed by atoms with van der Waals surface area (Å²) < 4.78 is 4.94. The zero-order valence-electron chi connectivity index (χ0n) is 8.44. The molecule has 2 N–H and O–H groups in total. The summed E-state index contributed by atoms with van der Waals surface area (Å²) in [6.07, 6.45) is -0.625. The highest BCUT2D eigenvalue weighted by Crippen LogP contribution is 2.22. The van der Waals surface area contributed by atoms with Crippen molar-refractivity contribution < 1.29 is 14.6 Å². The van der Waals surface area contributed by atoms with E-state index in [1.165, 1.54) is 13.0 Å². The Morgan fingerprint density at radius 3 is 2.43 bits per heavy atom. The third-order valence-corrected chi connectivity index (χ3v) is 2.35. The van der Waals surface area contributed by atoms with Crippen LogP contribution in [0.2, 0.25) is 0 Å². The van der Waals surface area contributed by atoms with E-state index in [2.05, 4.69) is 0 Å². The van der Waals surface area contributed by atoms with Gasteiger partial charge in [0.1, 0.15) is 11.5 Å². The van der Waals surface area contributed by atoms with Gasteiger partial charge in [-0.3, -0.25) is 0 Å². The van der Waals surface area contributed by atoms with Gasteiger partial charge in [0, 0.05) is 12.0 Å². The second-order valence-electron chi connectivity index (χ2n) is 3.48. The Balaban J connectivity index is 3.19. The van der Waals surface area contributed by atoms with E-state index in [1.54, 1.807) is 13.8 Å². The van der Waals surface area contributed by atoms with E-state index >= 15 is 0 Å². The van der Waals surface area contributed by atoms with Gasteiger partial charge >= 0.3 is 5.63 Å². The number of hydrogen-bond acceptors (Lipinski definition) is 4. The van der Waals surface area contributed by atoms with Crippen LogP contribution in [0.15, 0.2) is 15.3 Å². The summed E-state index contributed by atoms with van der Waals surface area (Å²) >= 11 is 0. The van der Waals surface area contributed by atoms with Gasteiger partial charge in [-0.15, -0.1) is 0 Å². The van der Waals surface area contributed by atoms with Crippen molar-refractivity contribution in [1.82, 2.24) is 0 Å². The van der Waals surface area contributed by atoms with Crippen molar-refractivity contribution in [3.8, 4) is 5.75 Å². The third kappa shape index (κ3) is 1.96. The molecule has 0 aliphatic rings. The molecule has 0 amide bonds. The molecule has 0 unspecified atom stereocenters. The summed E-state index contributed by atoms with van der Waals surface area (Å²) in [6, 6.07) is 1.37. The highest BCUT2D eigenvalue weighted by Gasteiger charge is 2.16. The van der Waals surface area contributed by atoms with Gasteiger partial charge in [0.25, 0.3) is 0 Å². The van der Waals surface area contributed by atoms with Crippen molar-refractivity contribution in [3.63, 3.8) is 0 Å². The van der Waals surface area contributed by atoms with Crippen molar-refractivity contribution in [2.75, 3.05) is 0 Å². The summed E-state index contributed by atoms with van der Waals surface area (Å²) in [5.74, 6) is -0.106. The van der Waals surface area contributed by atoms with Crippen LogP contribution >= 0.6 is 0 Å². The second-order valence-corrected chi connectivity index (χ2v) is 3.48. The van der Waals surface area contributed by atoms with Gasteiger partial charge in [-0.05, 0) is 13.8 Å². The van der Waals surface area contributed by atoms with Crippen LogP contribution < -0.4 is 5.63 Å². The minimum atomic E-state index is -0.625. The standard InChI is InChI=1S/C10H14O4/c1-5(7(3)11)9-4-8(12)6(2)10(13)14-9/h4-5,7,11-12H,1-3H3/t5-,7-/m0/s1. The molecule has 0 fully saturated rings. The smallest absolute Gasteiger partial charge is 0.342 e. The Bertz CT molecular complexity index is 378. The van der Waals surface area contributed by atoms with Gasteiger partial charge in [0.2, 0.25) is 0 Å². The first-order valence-electron chi connectivity index (χ1n) is 4.45. The van der Waals surface area contributed by atoms with Crippen LogP contribution in [0.25, 0.3) is 0 Å². The molecule has 14 heavy (non-hydrogen) atoms. The molecule has 1 aromatic rings.